The third-order valence-corrected chi connectivity index (χ3v) is 5.84. The number of nitrogens with one attached hydrogen (secondary N) is 2. The summed E-state index contributed by atoms with van der Waals surface area (Å²) in [6.07, 6.45) is 8.95. The van der Waals surface area contributed by atoms with Gasteiger partial charge in [0.05, 0.1) is 0 Å². The van der Waals surface area contributed by atoms with Gasteiger partial charge in [0.15, 0.2) is 5.96 Å². The molecule has 0 aromatic carbocycles. The molecule has 160 valence electrons. The number of guanidine groups is 1. The van der Waals surface area contributed by atoms with Crippen LogP contribution in [0.5, 0.6) is 0 Å². The monoisotopic (exact) mass is 493 g/mol. The van der Waals surface area contributed by atoms with Crippen LogP contribution in [-0.4, -0.2) is 74.2 Å². The molecule has 6 heteroatoms. The number of likely N-dealkylation sites (tertiary alicyclic amines) is 2. The first-order chi connectivity index (χ1) is 12.7. The number of hydrogen-bond donors (Lipinski definition) is 2. The van der Waals surface area contributed by atoms with Crippen LogP contribution in [0.25, 0.3) is 0 Å². The number of aliphatic imine (C=N–C) groups is 1. The van der Waals surface area contributed by atoms with Gasteiger partial charge in [-0.1, -0.05) is 13.8 Å². The van der Waals surface area contributed by atoms with Gasteiger partial charge in [-0.15, -0.1) is 24.0 Å². The van der Waals surface area contributed by atoms with Crippen molar-refractivity contribution in [2.24, 2.45) is 10.9 Å². The highest BCUT2D eigenvalue weighted by Gasteiger charge is 2.19. The summed E-state index contributed by atoms with van der Waals surface area (Å²) in [7, 11) is 0. The molecule has 2 fully saturated rings. The predicted molar refractivity (Wildman–Crippen MR) is 128 cm³/mol. The van der Waals surface area contributed by atoms with Gasteiger partial charge in [-0.25, -0.2) is 0 Å². The van der Waals surface area contributed by atoms with Gasteiger partial charge in [-0.3, -0.25) is 4.99 Å². The summed E-state index contributed by atoms with van der Waals surface area (Å²) in [6.45, 7) is 16.2. The molecule has 0 bridgehead atoms. The summed E-state index contributed by atoms with van der Waals surface area (Å²) in [5.41, 5.74) is 0. The van der Waals surface area contributed by atoms with E-state index in [0.29, 0.717) is 6.04 Å². The molecule has 2 N–H and O–H groups in total. The fraction of sp³-hybridized carbons (Fsp3) is 0.952. The zero-order chi connectivity index (χ0) is 18.6. The van der Waals surface area contributed by atoms with Crippen LogP contribution in [0.4, 0.5) is 0 Å². The van der Waals surface area contributed by atoms with Crippen molar-refractivity contribution < 1.29 is 0 Å². The Labute approximate surface area is 185 Å². The fourth-order valence-electron chi connectivity index (χ4n) is 4.05. The van der Waals surface area contributed by atoms with E-state index in [4.69, 9.17) is 4.99 Å². The molecule has 2 aliphatic rings. The van der Waals surface area contributed by atoms with Gasteiger partial charge in [0, 0.05) is 32.2 Å². The summed E-state index contributed by atoms with van der Waals surface area (Å²) >= 11 is 0. The summed E-state index contributed by atoms with van der Waals surface area (Å²) < 4.78 is 0. The molecule has 0 aromatic heterocycles. The minimum absolute atomic E-state index is 0. The second-order valence-electron chi connectivity index (χ2n) is 8.25. The van der Waals surface area contributed by atoms with Crippen molar-refractivity contribution in [3.8, 4) is 0 Å². The summed E-state index contributed by atoms with van der Waals surface area (Å²) in [5, 5.41) is 7.09. The number of rotatable bonds is 9. The molecule has 0 atom stereocenters. The molecule has 2 saturated heterocycles. The van der Waals surface area contributed by atoms with E-state index in [9.17, 15) is 0 Å². The van der Waals surface area contributed by atoms with E-state index >= 15 is 0 Å². The summed E-state index contributed by atoms with van der Waals surface area (Å²) in [4.78, 5) is 10.0. The lowest BCUT2D eigenvalue weighted by atomic mass is 9.99. The van der Waals surface area contributed by atoms with Gasteiger partial charge >= 0.3 is 0 Å². The van der Waals surface area contributed by atoms with Crippen LogP contribution < -0.4 is 10.6 Å². The van der Waals surface area contributed by atoms with E-state index in [-0.39, 0.29) is 24.0 Å². The van der Waals surface area contributed by atoms with Crippen LogP contribution in [-0.2, 0) is 0 Å². The van der Waals surface area contributed by atoms with E-state index in [1.165, 1.54) is 84.2 Å². The van der Waals surface area contributed by atoms with Gasteiger partial charge in [-0.05, 0) is 84.0 Å². The average Bonchev–Trinajstić information content (AvgIpc) is 2.65. The largest absolute Gasteiger partial charge is 0.357 e. The van der Waals surface area contributed by atoms with Gasteiger partial charge < -0.3 is 20.4 Å². The van der Waals surface area contributed by atoms with Crippen LogP contribution >= 0.6 is 24.0 Å². The number of unbranched alkanes of at least 4 members (excludes halogenated alkanes) is 1. The van der Waals surface area contributed by atoms with Crippen molar-refractivity contribution in [3.63, 3.8) is 0 Å². The standard InChI is InChI=1S/C21H43N5.HI/c1-4-13-25-17-10-20(11-18-25)24-21(22-5-2)23-12-6-7-14-26-15-8-19(3)9-16-26;/h19-20H,4-18H2,1-3H3,(H2,22,23,24);1H. The lowest BCUT2D eigenvalue weighted by molar-refractivity contribution is 0.190. The van der Waals surface area contributed by atoms with Crippen LogP contribution in [0.2, 0.25) is 0 Å². The van der Waals surface area contributed by atoms with Gasteiger partial charge in [0.1, 0.15) is 0 Å². The molecular weight excluding hydrogens is 449 g/mol. The minimum Gasteiger partial charge on any atom is -0.357 e. The van der Waals surface area contributed by atoms with E-state index < -0.39 is 0 Å². The number of halogens is 1. The van der Waals surface area contributed by atoms with Gasteiger partial charge in [0.2, 0.25) is 0 Å². The topological polar surface area (TPSA) is 42.9 Å². The molecule has 0 saturated carbocycles. The number of hydrogen-bond acceptors (Lipinski definition) is 3. The van der Waals surface area contributed by atoms with Gasteiger partial charge in [0.25, 0.3) is 0 Å². The Bertz CT molecular complexity index is 388. The normalized spacial score (nSPS) is 21.1. The predicted octanol–water partition coefficient (Wildman–Crippen LogP) is 3.55. The van der Waals surface area contributed by atoms with Crippen molar-refractivity contribution >= 4 is 29.9 Å². The first-order valence-electron chi connectivity index (χ1n) is 11.2. The Balaban J connectivity index is 0.00000364. The molecule has 0 spiro atoms. The highest BCUT2D eigenvalue weighted by molar-refractivity contribution is 14.0. The first kappa shape index (κ1) is 25.0. The van der Waals surface area contributed by atoms with E-state index in [1.807, 2.05) is 0 Å². The third-order valence-electron chi connectivity index (χ3n) is 5.84. The van der Waals surface area contributed by atoms with E-state index in [0.717, 1.165) is 25.0 Å². The van der Waals surface area contributed by atoms with Crippen molar-refractivity contribution in [2.45, 2.75) is 71.8 Å². The SMILES string of the molecule is CCCN1CCC(NC(=NCCCCN2CCC(C)CC2)NCC)CC1.I. The maximum atomic E-state index is 4.82. The molecule has 27 heavy (non-hydrogen) atoms. The van der Waals surface area contributed by atoms with Crippen LogP contribution in [0.15, 0.2) is 4.99 Å². The second-order valence-corrected chi connectivity index (χ2v) is 8.25. The molecule has 0 radical (unpaired) electrons. The lowest BCUT2D eigenvalue weighted by Crippen LogP contribution is -2.48. The van der Waals surface area contributed by atoms with Crippen molar-refractivity contribution in [3.05, 3.63) is 0 Å². The Kier molecular flexibility index (Phi) is 13.7. The van der Waals surface area contributed by atoms with Crippen LogP contribution in [0.1, 0.15) is 65.7 Å². The zero-order valence-electron chi connectivity index (χ0n) is 18.0. The maximum absolute atomic E-state index is 4.82. The first-order valence-corrected chi connectivity index (χ1v) is 11.2. The smallest absolute Gasteiger partial charge is 0.191 e. The van der Waals surface area contributed by atoms with Crippen LogP contribution in [0.3, 0.4) is 0 Å². The molecule has 0 amide bonds. The van der Waals surface area contributed by atoms with Crippen molar-refractivity contribution in [2.75, 3.05) is 52.4 Å². The average molecular weight is 494 g/mol. The fourth-order valence-corrected chi connectivity index (χ4v) is 4.05. The Morgan fingerprint density at radius 3 is 2.19 bits per heavy atom. The molecule has 5 nitrogen and oxygen atoms in total. The molecule has 0 aromatic rings. The third kappa shape index (κ3) is 10.3. The second kappa shape index (κ2) is 14.9. The Morgan fingerprint density at radius 1 is 0.926 bits per heavy atom. The highest BCUT2D eigenvalue weighted by atomic mass is 127. The Hall–Kier alpha value is -0.0800. The lowest BCUT2D eigenvalue weighted by Gasteiger charge is -2.32. The number of nitrogens with zero attached hydrogens (tertiary/aromatic N) is 3. The quantitative estimate of drug-likeness (QED) is 0.223. The number of piperidine rings is 2. The van der Waals surface area contributed by atoms with Gasteiger partial charge in [-0.2, -0.15) is 0 Å². The maximum Gasteiger partial charge on any atom is 0.191 e. The molecule has 2 aliphatic heterocycles. The highest BCUT2D eigenvalue weighted by Crippen LogP contribution is 2.16. The summed E-state index contributed by atoms with van der Waals surface area (Å²) in [5.74, 6) is 1.95. The molecule has 2 rings (SSSR count). The molecule has 0 unspecified atom stereocenters. The minimum atomic E-state index is 0. The Morgan fingerprint density at radius 2 is 1.56 bits per heavy atom. The summed E-state index contributed by atoms with van der Waals surface area (Å²) in [6, 6.07) is 0.580. The molecule has 0 aliphatic carbocycles. The van der Waals surface area contributed by atoms with E-state index in [2.05, 4.69) is 41.2 Å². The van der Waals surface area contributed by atoms with Crippen LogP contribution in [0, 0.1) is 5.92 Å². The van der Waals surface area contributed by atoms with Crippen molar-refractivity contribution in [1.82, 2.24) is 20.4 Å². The zero-order valence-corrected chi connectivity index (χ0v) is 20.3. The molecular formula is C21H44IN5. The van der Waals surface area contributed by atoms with Crippen molar-refractivity contribution in [1.29, 1.82) is 0 Å². The molecule has 2 heterocycles. The van der Waals surface area contributed by atoms with E-state index in [1.54, 1.807) is 0 Å².